The topological polar surface area (TPSA) is 164 Å². The van der Waals surface area contributed by atoms with Gasteiger partial charge >= 0.3 is 5.97 Å². The van der Waals surface area contributed by atoms with Gasteiger partial charge in [0.2, 0.25) is 12.7 Å². The summed E-state index contributed by atoms with van der Waals surface area (Å²) in [7, 11) is 0. The van der Waals surface area contributed by atoms with Crippen molar-refractivity contribution in [2.75, 3.05) is 26.7 Å². The lowest BCUT2D eigenvalue weighted by Crippen LogP contribution is -2.44. The molecule has 12 heteroatoms. The Kier molecular flexibility index (Phi) is 5.99. The third kappa shape index (κ3) is 3.90. The molecule has 3 aromatic rings. The van der Waals surface area contributed by atoms with E-state index in [0.717, 1.165) is 0 Å². The van der Waals surface area contributed by atoms with Gasteiger partial charge in [0.15, 0.2) is 17.1 Å². The molecule has 200 valence electrons. The lowest BCUT2D eigenvalue weighted by molar-refractivity contribution is -0.172. The van der Waals surface area contributed by atoms with Crippen LogP contribution in [0, 0.1) is 11.8 Å². The highest BCUT2D eigenvalue weighted by Crippen LogP contribution is 2.42. The normalized spacial score (nSPS) is 18.1. The zero-order chi connectivity index (χ0) is 27.3. The first-order valence-electron chi connectivity index (χ1n) is 12.3. The van der Waals surface area contributed by atoms with Gasteiger partial charge < -0.3 is 39.7 Å². The molecule has 3 aliphatic rings. The van der Waals surface area contributed by atoms with Crippen molar-refractivity contribution in [3.63, 3.8) is 0 Å². The van der Waals surface area contributed by atoms with Crippen LogP contribution in [-0.2, 0) is 37.8 Å². The number of nitrogens with one attached hydrogen (secondary N) is 1. The quantitative estimate of drug-likeness (QED) is 0.140. The lowest BCUT2D eigenvalue weighted by atomic mass is 9.86. The van der Waals surface area contributed by atoms with Crippen LogP contribution in [0.5, 0.6) is 11.5 Å². The SMILES string of the molecule is CC[C@@]1(O)C(=O)OCc2c1cc1n(c2=O)Cc2c-1nc1cc3c(cc1c2C#CCOCNC(=O)CN)OCO3. The molecule has 1 aromatic carbocycles. The Labute approximate surface area is 221 Å². The molecule has 39 heavy (non-hydrogen) atoms. The van der Waals surface area contributed by atoms with Gasteiger partial charge in [-0.05, 0) is 18.6 Å². The van der Waals surface area contributed by atoms with Gasteiger partial charge in [-0.3, -0.25) is 9.59 Å². The molecule has 1 amide bonds. The van der Waals surface area contributed by atoms with Crippen LogP contribution < -0.4 is 26.1 Å². The summed E-state index contributed by atoms with van der Waals surface area (Å²) in [6, 6.07) is 5.20. The number of pyridine rings is 2. The van der Waals surface area contributed by atoms with Gasteiger partial charge in [-0.25, -0.2) is 9.78 Å². The van der Waals surface area contributed by atoms with Crippen LogP contribution in [0.2, 0.25) is 0 Å². The Morgan fingerprint density at radius 3 is 2.79 bits per heavy atom. The number of cyclic esters (lactones) is 1. The summed E-state index contributed by atoms with van der Waals surface area (Å²) in [5, 5.41) is 14.3. The predicted molar refractivity (Wildman–Crippen MR) is 136 cm³/mol. The summed E-state index contributed by atoms with van der Waals surface area (Å²) in [5.41, 5.74) is 6.34. The minimum atomic E-state index is -1.92. The van der Waals surface area contributed by atoms with Crippen LogP contribution in [-0.4, -0.2) is 53.2 Å². The summed E-state index contributed by atoms with van der Waals surface area (Å²) in [6.07, 6.45) is 0.0473. The number of carbonyl (C=O) groups excluding carboxylic acids is 2. The number of benzene rings is 1. The standard InChI is InChI=1S/C27H24N4O8/c1-2-27(35)18-7-20-24-16(10-31(20)25(33)17(18)11-37-26(27)34)14(4-3-5-36-12-29-23(32)9-28)15-6-21-22(39-13-38-21)8-19(15)30-24/h6-8,35H,2,5,9-13,28H2,1H3,(H,29,32)/t27-/m0/s1. The molecule has 0 saturated carbocycles. The molecule has 0 unspecified atom stereocenters. The predicted octanol–water partition coefficient (Wildman–Crippen LogP) is 0.209. The second-order valence-corrected chi connectivity index (χ2v) is 9.24. The average molecular weight is 533 g/mol. The number of nitrogens with zero attached hydrogens (tertiary/aromatic N) is 2. The number of hydrogen-bond donors (Lipinski definition) is 3. The molecule has 0 saturated heterocycles. The number of amides is 1. The summed E-state index contributed by atoms with van der Waals surface area (Å²) in [5.74, 6) is 6.08. The Balaban J connectivity index is 1.48. The van der Waals surface area contributed by atoms with Gasteiger partial charge in [0.25, 0.3) is 5.56 Å². The first-order valence-corrected chi connectivity index (χ1v) is 12.3. The van der Waals surface area contributed by atoms with Crippen LogP contribution in [0.1, 0.15) is 35.6 Å². The van der Waals surface area contributed by atoms with Crippen LogP contribution in [0.25, 0.3) is 22.3 Å². The van der Waals surface area contributed by atoms with Crippen molar-refractivity contribution < 1.29 is 33.6 Å². The molecule has 0 aliphatic carbocycles. The van der Waals surface area contributed by atoms with Crippen molar-refractivity contribution in [3.05, 3.63) is 50.8 Å². The maximum atomic E-state index is 13.6. The summed E-state index contributed by atoms with van der Waals surface area (Å²) in [4.78, 5) is 42.2. The number of esters is 1. The smallest absolute Gasteiger partial charge is 0.343 e. The number of fused-ring (bicyclic) bond motifs is 6. The maximum absolute atomic E-state index is 13.6. The number of ether oxygens (including phenoxy) is 4. The van der Waals surface area contributed by atoms with E-state index in [1.54, 1.807) is 29.7 Å². The van der Waals surface area contributed by atoms with Gasteiger partial charge in [0, 0.05) is 28.1 Å². The van der Waals surface area contributed by atoms with Crippen LogP contribution >= 0.6 is 0 Å². The zero-order valence-corrected chi connectivity index (χ0v) is 21.0. The van der Waals surface area contributed by atoms with Gasteiger partial charge in [0.05, 0.1) is 35.6 Å². The molecule has 0 fully saturated rings. The third-order valence-corrected chi connectivity index (χ3v) is 7.13. The third-order valence-electron chi connectivity index (χ3n) is 7.13. The second-order valence-electron chi connectivity index (χ2n) is 9.24. The van der Waals surface area contributed by atoms with Crippen molar-refractivity contribution in [1.29, 1.82) is 0 Å². The Bertz CT molecular complexity index is 1690. The van der Waals surface area contributed by atoms with Gasteiger partial charge in [0.1, 0.15) is 19.9 Å². The van der Waals surface area contributed by atoms with E-state index in [-0.39, 0.29) is 68.8 Å². The van der Waals surface area contributed by atoms with E-state index in [1.165, 1.54) is 0 Å². The van der Waals surface area contributed by atoms with Gasteiger partial charge in [-0.1, -0.05) is 18.8 Å². The van der Waals surface area contributed by atoms with Gasteiger partial charge in [-0.15, -0.1) is 0 Å². The van der Waals surface area contributed by atoms with E-state index in [2.05, 4.69) is 17.2 Å². The molecule has 12 nitrogen and oxygen atoms in total. The fourth-order valence-electron chi connectivity index (χ4n) is 5.04. The molecule has 0 spiro atoms. The van der Waals surface area contributed by atoms with E-state index in [0.29, 0.717) is 44.9 Å². The van der Waals surface area contributed by atoms with Crippen molar-refractivity contribution in [3.8, 4) is 34.7 Å². The average Bonchev–Trinajstić information content (AvgIpc) is 3.55. The van der Waals surface area contributed by atoms with E-state index >= 15 is 0 Å². The molecule has 0 radical (unpaired) electrons. The molecule has 4 N–H and O–H groups in total. The Hall–Kier alpha value is -4.44. The fraction of sp³-hybridized carbons (Fsp3) is 0.333. The summed E-state index contributed by atoms with van der Waals surface area (Å²) < 4.78 is 23.2. The molecule has 0 bridgehead atoms. The monoisotopic (exact) mass is 532 g/mol. The highest BCUT2D eigenvalue weighted by molar-refractivity contribution is 5.93. The van der Waals surface area contributed by atoms with Crippen molar-refractivity contribution >= 4 is 22.8 Å². The second kappa shape index (κ2) is 9.39. The van der Waals surface area contributed by atoms with Crippen LogP contribution in [0.15, 0.2) is 23.0 Å². The summed E-state index contributed by atoms with van der Waals surface area (Å²) in [6.45, 7) is 1.56. The number of nitrogens with two attached hydrogens (primary N) is 1. The first-order chi connectivity index (χ1) is 18.9. The van der Waals surface area contributed by atoms with E-state index < -0.39 is 11.6 Å². The Morgan fingerprint density at radius 2 is 2.03 bits per heavy atom. The Morgan fingerprint density at radius 1 is 1.23 bits per heavy atom. The minimum absolute atomic E-state index is 0.0260. The highest BCUT2D eigenvalue weighted by Gasteiger charge is 2.45. The largest absolute Gasteiger partial charge is 0.458 e. The van der Waals surface area contributed by atoms with E-state index in [4.69, 9.17) is 29.7 Å². The molecule has 3 aliphatic heterocycles. The zero-order valence-electron chi connectivity index (χ0n) is 21.0. The molecular formula is C27H24N4O8. The molecule has 1 atom stereocenters. The number of carbonyl (C=O) groups is 2. The van der Waals surface area contributed by atoms with Crippen molar-refractivity contribution in [1.82, 2.24) is 14.9 Å². The van der Waals surface area contributed by atoms with Crippen molar-refractivity contribution in [2.45, 2.75) is 32.1 Å². The fourth-order valence-corrected chi connectivity index (χ4v) is 5.04. The van der Waals surface area contributed by atoms with E-state index in [1.807, 2.05) is 0 Å². The first kappa shape index (κ1) is 24.9. The van der Waals surface area contributed by atoms with E-state index in [9.17, 15) is 19.5 Å². The highest BCUT2D eigenvalue weighted by atomic mass is 16.7. The molecular weight excluding hydrogens is 508 g/mol. The number of aromatic nitrogens is 2. The number of rotatable bonds is 5. The number of aliphatic hydroxyl groups is 1. The number of hydrogen-bond acceptors (Lipinski definition) is 10. The summed E-state index contributed by atoms with van der Waals surface area (Å²) >= 11 is 0. The van der Waals surface area contributed by atoms with Crippen LogP contribution in [0.3, 0.4) is 0 Å². The van der Waals surface area contributed by atoms with Gasteiger partial charge in [-0.2, -0.15) is 0 Å². The minimum Gasteiger partial charge on any atom is -0.458 e. The molecule has 2 aromatic heterocycles. The van der Waals surface area contributed by atoms with Crippen molar-refractivity contribution in [2.24, 2.45) is 5.73 Å². The molecule has 5 heterocycles. The maximum Gasteiger partial charge on any atom is 0.343 e. The van der Waals surface area contributed by atoms with Crippen LogP contribution in [0.4, 0.5) is 0 Å². The molecule has 6 rings (SSSR count). The lowest BCUT2D eigenvalue weighted by Gasteiger charge is -2.31.